The zero-order valence-electron chi connectivity index (χ0n) is 17.8. The molecule has 2 aliphatic heterocycles. The summed E-state index contributed by atoms with van der Waals surface area (Å²) in [5.41, 5.74) is 6.97. The SMILES string of the molecule is CC(c1nc(N)nn1-c1ccc(C(=O)N2CCOCC2)cn1)N1C(=O)c2ccccc2C1=O. The van der Waals surface area contributed by atoms with Gasteiger partial charge in [-0.05, 0) is 31.2 Å². The zero-order chi connectivity index (χ0) is 23.1. The number of imide groups is 1. The van der Waals surface area contributed by atoms with Gasteiger partial charge in [-0.15, -0.1) is 5.10 Å². The first-order valence-corrected chi connectivity index (χ1v) is 10.5. The predicted octanol–water partition coefficient (Wildman–Crippen LogP) is 1.07. The van der Waals surface area contributed by atoms with E-state index in [2.05, 4.69) is 15.1 Å². The number of ether oxygens (including phenoxy) is 1. The van der Waals surface area contributed by atoms with Gasteiger partial charge in [0.15, 0.2) is 11.6 Å². The molecular formula is C22H21N7O4. The van der Waals surface area contributed by atoms with Crippen LogP contribution in [0.25, 0.3) is 5.82 Å². The molecule has 0 aliphatic carbocycles. The third-order valence-corrected chi connectivity index (χ3v) is 5.75. The van der Waals surface area contributed by atoms with Gasteiger partial charge in [0.25, 0.3) is 17.7 Å². The van der Waals surface area contributed by atoms with Crippen molar-refractivity contribution in [1.29, 1.82) is 0 Å². The lowest BCUT2D eigenvalue weighted by molar-refractivity contribution is 0.0302. The molecule has 1 atom stereocenters. The number of amides is 3. The van der Waals surface area contributed by atoms with E-state index in [1.807, 2.05) is 0 Å². The maximum atomic E-state index is 12.9. The number of pyridine rings is 1. The molecule has 3 aromatic rings. The van der Waals surface area contributed by atoms with Crippen LogP contribution in [0.15, 0.2) is 42.6 Å². The number of hydrogen-bond donors (Lipinski definition) is 1. The molecule has 4 heterocycles. The number of carbonyl (C=O) groups excluding carboxylic acids is 3. The molecule has 33 heavy (non-hydrogen) atoms. The Balaban J connectivity index is 1.43. The standard InChI is InChI=1S/C22H21N7O4/c1-13(28-20(31)15-4-2-3-5-16(15)21(28)32)18-25-22(23)26-29(18)17-7-6-14(12-24-17)19(30)27-8-10-33-11-9-27/h2-7,12-13H,8-11H2,1H3,(H2,23,26). The lowest BCUT2D eigenvalue weighted by Gasteiger charge is -2.26. The molecule has 11 nitrogen and oxygen atoms in total. The highest BCUT2D eigenvalue weighted by Crippen LogP contribution is 2.31. The van der Waals surface area contributed by atoms with E-state index >= 15 is 0 Å². The van der Waals surface area contributed by atoms with Crippen molar-refractivity contribution in [1.82, 2.24) is 29.5 Å². The van der Waals surface area contributed by atoms with E-state index in [-0.39, 0.29) is 17.7 Å². The van der Waals surface area contributed by atoms with Crippen LogP contribution in [0, 0.1) is 0 Å². The van der Waals surface area contributed by atoms with E-state index in [0.717, 1.165) is 4.90 Å². The van der Waals surface area contributed by atoms with Gasteiger partial charge in [0.2, 0.25) is 5.95 Å². The molecule has 1 saturated heterocycles. The van der Waals surface area contributed by atoms with Crippen LogP contribution in [-0.4, -0.2) is 73.6 Å². The smallest absolute Gasteiger partial charge is 0.262 e. The summed E-state index contributed by atoms with van der Waals surface area (Å²) in [5, 5.41) is 4.20. The topological polar surface area (TPSA) is 137 Å². The quantitative estimate of drug-likeness (QED) is 0.587. The van der Waals surface area contributed by atoms with Crippen molar-refractivity contribution in [2.24, 2.45) is 0 Å². The maximum absolute atomic E-state index is 12.9. The monoisotopic (exact) mass is 447 g/mol. The highest BCUT2D eigenvalue weighted by Gasteiger charge is 2.40. The number of nitrogens with two attached hydrogens (primary N) is 1. The fraction of sp³-hybridized carbons (Fsp3) is 0.273. The number of benzene rings is 1. The van der Waals surface area contributed by atoms with E-state index in [4.69, 9.17) is 10.5 Å². The number of anilines is 1. The van der Waals surface area contributed by atoms with Crippen LogP contribution < -0.4 is 5.73 Å². The van der Waals surface area contributed by atoms with Crippen LogP contribution in [0.5, 0.6) is 0 Å². The molecule has 168 valence electrons. The molecule has 1 aromatic carbocycles. The third-order valence-electron chi connectivity index (χ3n) is 5.75. The number of fused-ring (bicyclic) bond motifs is 1. The molecule has 5 rings (SSSR count). The van der Waals surface area contributed by atoms with Crippen molar-refractivity contribution >= 4 is 23.7 Å². The van der Waals surface area contributed by atoms with E-state index in [1.165, 1.54) is 10.9 Å². The van der Waals surface area contributed by atoms with Crippen LogP contribution in [0.4, 0.5) is 5.95 Å². The van der Waals surface area contributed by atoms with Crippen LogP contribution in [-0.2, 0) is 4.74 Å². The second-order valence-corrected chi connectivity index (χ2v) is 7.75. The van der Waals surface area contributed by atoms with Crippen LogP contribution in [0.3, 0.4) is 0 Å². The first-order chi connectivity index (χ1) is 16.0. The van der Waals surface area contributed by atoms with Crippen LogP contribution in [0.1, 0.15) is 49.9 Å². The number of hydrogen-bond acceptors (Lipinski definition) is 8. The predicted molar refractivity (Wildman–Crippen MR) is 116 cm³/mol. The Morgan fingerprint density at radius 2 is 1.73 bits per heavy atom. The van der Waals surface area contributed by atoms with E-state index in [0.29, 0.717) is 48.8 Å². The highest BCUT2D eigenvalue weighted by molar-refractivity contribution is 6.21. The fourth-order valence-corrected chi connectivity index (χ4v) is 4.04. The normalized spacial score (nSPS) is 16.8. The minimum absolute atomic E-state index is 0.0243. The van der Waals surface area contributed by atoms with Gasteiger partial charge in [0.05, 0.1) is 35.9 Å². The van der Waals surface area contributed by atoms with E-state index < -0.39 is 17.9 Å². The van der Waals surface area contributed by atoms with Crippen molar-refractivity contribution in [3.63, 3.8) is 0 Å². The fourth-order valence-electron chi connectivity index (χ4n) is 4.04. The summed E-state index contributed by atoms with van der Waals surface area (Å²) in [6.45, 7) is 3.76. The Morgan fingerprint density at radius 3 is 2.33 bits per heavy atom. The van der Waals surface area contributed by atoms with Crippen molar-refractivity contribution in [3.8, 4) is 5.82 Å². The highest BCUT2D eigenvalue weighted by atomic mass is 16.5. The summed E-state index contributed by atoms with van der Waals surface area (Å²) >= 11 is 0. The Kier molecular flexibility index (Phi) is 5.09. The van der Waals surface area contributed by atoms with Gasteiger partial charge in [-0.1, -0.05) is 12.1 Å². The van der Waals surface area contributed by atoms with Crippen molar-refractivity contribution in [3.05, 3.63) is 65.1 Å². The lowest BCUT2D eigenvalue weighted by Crippen LogP contribution is -2.40. The van der Waals surface area contributed by atoms with Gasteiger partial charge in [0.1, 0.15) is 0 Å². The van der Waals surface area contributed by atoms with Gasteiger partial charge in [0, 0.05) is 19.3 Å². The molecule has 0 spiro atoms. The molecule has 1 fully saturated rings. The molecule has 2 N–H and O–H groups in total. The summed E-state index contributed by atoms with van der Waals surface area (Å²) in [6.07, 6.45) is 1.46. The summed E-state index contributed by atoms with van der Waals surface area (Å²) in [4.78, 5) is 49.9. The van der Waals surface area contributed by atoms with E-state index in [9.17, 15) is 14.4 Å². The molecule has 2 aromatic heterocycles. The van der Waals surface area contributed by atoms with E-state index in [1.54, 1.807) is 48.2 Å². The summed E-state index contributed by atoms with van der Waals surface area (Å²) in [5.74, 6) is -0.331. The molecular weight excluding hydrogens is 426 g/mol. The molecule has 0 radical (unpaired) electrons. The second-order valence-electron chi connectivity index (χ2n) is 7.75. The Labute approximate surface area is 188 Å². The number of aromatic nitrogens is 4. The molecule has 1 unspecified atom stereocenters. The number of carbonyl (C=O) groups is 3. The Morgan fingerprint density at radius 1 is 1.06 bits per heavy atom. The van der Waals surface area contributed by atoms with Gasteiger partial charge in [-0.25, -0.2) is 4.98 Å². The average Bonchev–Trinajstić information content (AvgIpc) is 3.36. The largest absolute Gasteiger partial charge is 0.378 e. The first kappa shape index (κ1) is 20.8. The third kappa shape index (κ3) is 3.52. The van der Waals surface area contributed by atoms with Crippen LogP contribution >= 0.6 is 0 Å². The molecule has 3 amide bonds. The Bertz CT molecular complexity index is 1210. The first-order valence-electron chi connectivity index (χ1n) is 10.5. The Hall–Kier alpha value is -4.12. The molecule has 0 saturated carbocycles. The minimum atomic E-state index is -0.751. The number of morpholine rings is 1. The summed E-state index contributed by atoms with van der Waals surface area (Å²) in [7, 11) is 0. The second kappa shape index (κ2) is 8.10. The van der Waals surface area contributed by atoms with Crippen molar-refractivity contribution in [2.45, 2.75) is 13.0 Å². The van der Waals surface area contributed by atoms with Gasteiger partial charge in [-0.2, -0.15) is 9.67 Å². The summed E-state index contributed by atoms with van der Waals surface area (Å²) in [6, 6.07) is 9.18. The number of rotatable bonds is 4. The van der Waals surface area contributed by atoms with Gasteiger partial charge < -0.3 is 15.4 Å². The lowest BCUT2D eigenvalue weighted by atomic mass is 10.1. The zero-order valence-corrected chi connectivity index (χ0v) is 17.8. The number of nitrogen functional groups attached to an aromatic ring is 1. The van der Waals surface area contributed by atoms with Crippen LogP contribution in [0.2, 0.25) is 0 Å². The molecule has 0 bridgehead atoms. The van der Waals surface area contributed by atoms with Crippen molar-refractivity contribution < 1.29 is 19.1 Å². The summed E-state index contributed by atoms with van der Waals surface area (Å²) < 4.78 is 6.67. The van der Waals surface area contributed by atoms with Gasteiger partial charge >= 0.3 is 0 Å². The number of nitrogens with zero attached hydrogens (tertiary/aromatic N) is 6. The maximum Gasteiger partial charge on any atom is 0.262 e. The minimum Gasteiger partial charge on any atom is -0.378 e. The average molecular weight is 447 g/mol. The van der Waals surface area contributed by atoms with Crippen molar-refractivity contribution in [2.75, 3.05) is 32.0 Å². The molecule has 2 aliphatic rings. The molecule has 11 heteroatoms. The van der Waals surface area contributed by atoms with Gasteiger partial charge in [-0.3, -0.25) is 19.3 Å².